The fraction of sp³-hybridized carbons (Fsp3) is 0.346. The number of benzene rings is 1. The zero-order valence-corrected chi connectivity index (χ0v) is 18.6. The number of amides is 1. The summed E-state index contributed by atoms with van der Waals surface area (Å²) in [5.74, 6) is -0.638. The molecule has 1 N–H and O–H groups in total. The third-order valence-corrected chi connectivity index (χ3v) is 6.88. The van der Waals surface area contributed by atoms with Crippen LogP contribution in [-0.4, -0.2) is 26.9 Å². The molecule has 0 fully saturated rings. The van der Waals surface area contributed by atoms with Crippen molar-refractivity contribution < 1.29 is 9.18 Å². The zero-order chi connectivity index (χ0) is 23.1. The number of carbonyl (C=O) groups is 1. The normalized spacial score (nSPS) is 15.2. The maximum absolute atomic E-state index is 14.2. The second kappa shape index (κ2) is 8.46. The second-order valence-electron chi connectivity index (χ2n) is 8.97. The van der Waals surface area contributed by atoms with Crippen LogP contribution in [0.2, 0.25) is 0 Å². The number of aryl methyl sites for hydroxylation is 2. The fourth-order valence-electron chi connectivity index (χ4n) is 5.05. The Morgan fingerprint density at radius 2 is 1.82 bits per heavy atom. The number of aromatic amines is 1. The standard InChI is InChI=1S/C26H26FN3O3/c1-29-23-10-11-30(26(33)20-14-17-7-3-5-9-22(17)28-24(20)31)15-19(23)13-18(25(29)32)12-16-6-2-4-8-21(16)27/h2,4,6,8,13-14H,3,5,7,9-12,15H2,1H3,(H,28,31). The van der Waals surface area contributed by atoms with E-state index in [1.807, 2.05) is 0 Å². The molecule has 1 amide bonds. The fourth-order valence-corrected chi connectivity index (χ4v) is 5.05. The van der Waals surface area contributed by atoms with Gasteiger partial charge in [-0.3, -0.25) is 14.4 Å². The van der Waals surface area contributed by atoms with E-state index in [2.05, 4.69) is 4.98 Å². The first kappa shape index (κ1) is 21.4. The van der Waals surface area contributed by atoms with Gasteiger partial charge in [-0.1, -0.05) is 18.2 Å². The van der Waals surface area contributed by atoms with Crippen LogP contribution in [0.5, 0.6) is 0 Å². The number of rotatable bonds is 3. The topological polar surface area (TPSA) is 75.2 Å². The highest BCUT2D eigenvalue weighted by atomic mass is 19.1. The van der Waals surface area contributed by atoms with E-state index < -0.39 is 0 Å². The molecule has 2 aromatic heterocycles. The highest BCUT2D eigenvalue weighted by molar-refractivity contribution is 5.94. The Morgan fingerprint density at radius 3 is 2.64 bits per heavy atom. The quantitative estimate of drug-likeness (QED) is 0.671. The first-order valence-corrected chi connectivity index (χ1v) is 11.4. The van der Waals surface area contributed by atoms with Gasteiger partial charge in [-0.05, 0) is 60.6 Å². The average molecular weight is 448 g/mol. The molecule has 170 valence electrons. The van der Waals surface area contributed by atoms with Crippen molar-refractivity contribution in [3.8, 4) is 0 Å². The van der Waals surface area contributed by atoms with Gasteiger partial charge >= 0.3 is 0 Å². The van der Waals surface area contributed by atoms with Crippen LogP contribution in [0, 0.1) is 5.82 Å². The minimum Gasteiger partial charge on any atom is -0.334 e. The number of fused-ring (bicyclic) bond motifs is 2. The van der Waals surface area contributed by atoms with Crippen molar-refractivity contribution in [2.75, 3.05) is 6.54 Å². The lowest BCUT2D eigenvalue weighted by atomic mass is 9.94. The first-order valence-electron chi connectivity index (χ1n) is 11.4. The lowest BCUT2D eigenvalue weighted by Gasteiger charge is -2.30. The Balaban J connectivity index is 1.45. The van der Waals surface area contributed by atoms with E-state index in [4.69, 9.17) is 0 Å². The maximum Gasteiger partial charge on any atom is 0.261 e. The smallest absolute Gasteiger partial charge is 0.261 e. The van der Waals surface area contributed by atoms with Crippen LogP contribution in [0.3, 0.4) is 0 Å². The Bertz CT molecular complexity index is 1370. The van der Waals surface area contributed by atoms with E-state index in [0.29, 0.717) is 30.6 Å². The number of aromatic nitrogens is 2. The molecule has 3 aromatic rings. The average Bonchev–Trinajstić information content (AvgIpc) is 2.82. The predicted molar refractivity (Wildman–Crippen MR) is 123 cm³/mol. The summed E-state index contributed by atoms with van der Waals surface area (Å²) < 4.78 is 15.8. The number of hydrogen-bond donors (Lipinski definition) is 1. The molecule has 2 aliphatic rings. The van der Waals surface area contributed by atoms with Crippen molar-refractivity contribution >= 4 is 5.91 Å². The second-order valence-corrected chi connectivity index (χ2v) is 8.97. The van der Waals surface area contributed by atoms with E-state index >= 15 is 0 Å². The summed E-state index contributed by atoms with van der Waals surface area (Å²) in [5, 5.41) is 0. The molecular weight excluding hydrogens is 421 g/mol. The number of halogens is 1. The van der Waals surface area contributed by atoms with Crippen LogP contribution < -0.4 is 11.1 Å². The monoisotopic (exact) mass is 447 g/mol. The van der Waals surface area contributed by atoms with Gasteiger partial charge in [0.25, 0.3) is 17.0 Å². The third kappa shape index (κ3) is 3.92. The molecule has 1 aromatic carbocycles. The summed E-state index contributed by atoms with van der Waals surface area (Å²) in [6.45, 7) is 0.741. The molecule has 5 rings (SSSR count). The molecule has 0 radical (unpaired) electrons. The van der Waals surface area contributed by atoms with Crippen LogP contribution in [-0.2, 0) is 39.3 Å². The molecule has 1 aliphatic heterocycles. The van der Waals surface area contributed by atoms with Gasteiger partial charge in [0.1, 0.15) is 11.4 Å². The molecule has 3 heterocycles. The van der Waals surface area contributed by atoms with Gasteiger partial charge in [0.2, 0.25) is 0 Å². The summed E-state index contributed by atoms with van der Waals surface area (Å²) in [6, 6.07) is 9.98. The van der Waals surface area contributed by atoms with Gasteiger partial charge in [-0.2, -0.15) is 0 Å². The van der Waals surface area contributed by atoms with Crippen molar-refractivity contribution in [2.45, 2.75) is 45.1 Å². The summed E-state index contributed by atoms with van der Waals surface area (Å²) in [4.78, 5) is 43.4. The molecular formula is C26H26FN3O3. The van der Waals surface area contributed by atoms with E-state index in [1.54, 1.807) is 46.8 Å². The lowest BCUT2D eigenvalue weighted by Crippen LogP contribution is -2.41. The molecule has 0 unspecified atom stereocenters. The van der Waals surface area contributed by atoms with Gasteiger partial charge in [0, 0.05) is 49.9 Å². The molecule has 1 aliphatic carbocycles. The summed E-state index contributed by atoms with van der Waals surface area (Å²) in [6.07, 6.45) is 4.53. The van der Waals surface area contributed by atoms with Gasteiger partial charge in [-0.15, -0.1) is 0 Å². The van der Waals surface area contributed by atoms with Crippen LogP contribution in [0.4, 0.5) is 4.39 Å². The van der Waals surface area contributed by atoms with Gasteiger partial charge < -0.3 is 14.5 Å². The number of carbonyl (C=O) groups excluding carboxylic acids is 1. The molecule has 6 nitrogen and oxygen atoms in total. The number of nitrogens with one attached hydrogen (secondary N) is 1. The van der Waals surface area contributed by atoms with Crippen LogP contribution in [0.15, 0.2) is 46.0 Å². The van der Waals surface area contributed by atoms with Crippen LogP contribution in [0.25, 0.3) is 0 Å². The Labute approximate surface area is 190 Å². The summed E-state index contributed by atoms with van der Waals surface area (Å²) in [7, 11) is 1.72. The highest BCUT2D eigenvalue weighted by Gasteiger charge is 2.27. The number of H-pyrrole nitrogens is 1. The van der Waals surface area contributed by atoms with Crippen molar-refractivity contribution in [2.24, 2.45) is 7.05 Å². The van der Waals surface area contributed by atoms with Crippen molar-refractivity contribution in [3.63, 3.8) is 0 Å². The van der Waals surface area contributed by atoms with Gasteiger partial charge in [0.15, 0.2) is 0 Å². The first-order chi connectivity index (χ1) is 15.9. The number of nitrogens with zero attached hydrogens (tertiary/aromatic N) is 2. The van der Waals surface area contributed by atoms with E-state index in [-0.39, 0.29) is 34.8 Å². The van der Waals surface area contributed by atoms with E-state index in [0.717, 1.165) is 48.2 Å². The minimum absolute atomic E-state index is 0.150. The molecule has 0 saturated heterocycles. The molecule has 0 atom stereocenters. The Morgan fingerprint density at radius 1 is 1.03 bits per heavy atom. The Hall–Kier alpha value is -3.48. The SMILES string of the molecule is Cn1c2c(cc(Cc3ccccc3F)c1=O)CN(C(=O)c1cc3c([nH]c1=O)CCCC3)CC2. The Kier molecular flexibility index (Phi) is 5.48. The molecule has 33 heavy (non-hydrogen) atoms. The van der Waals surface area contributed by atoms with Gasteiger partial charge in [0.05, 0.1) is 0 Å². The zero-order valence-electron chi connectivity index (χ0n) is 18.6. The largest absolute Gasteiger partial charge is 0.334 e. The molecule has 0 bridgehead atoms. The van der Waals surface area contributed by atoms with Crippen molar-refractivity contribution in [1.82, 2.24) is 14.5 Å². The van der Waals surface area contributed by atoms with Gasteiger partial charge in [-0.25, -0.2) is 4.39 Å². The van der Waals surface area contributed by atoms with E-state index in [1.165, 1.54) is 6.07 Å². The highest BCUT2D eigenvalue weighted by Crippen LogP contribution is 2.23. The van der Waals surface area contributed by atoms with Crippen molar-refractivity contribution in [1.29, 1.82) is 0 Å². The number of pyridine rings is 2. The molecule has 0 spiro atoms. The lowest BCUT2D eigenvalue weighted by molar-refractivity contribution is 0.0730. The molecule has 7 heteroatoms. The van der Waals surface area contributed by atoms with Crippen LogP contribution in [0.1, 0.15) is 56.8 Å². The minimum atomic E-state index is -0.347. The van der Waals surface area contributed by atoms with Crippen LogP contribution >= 0.6 is 0 Å². The van der Waals surface area contributed by atoms with E-state index in [9.17, 15) is 18.8 Å². The number of hydrogen-bond acceptors (Lipinski definition) is 3. The van der Waals surface area contributed by atoms with Crippen molar-refractivity contribution in [3.05, 3.63) is 102 Å². The maximum atomic E-state index is 14.2. The summed E-state index contributed by atoms with van der Waals surface area (Å²) in [5.41, 5.74) is 4.36. The third-order valence-electron chi connectivity index (χ3n) is 6.88. The summed E-state index contributed by atoms with van der Waals surface area (Å²) >= 11 is 0. The predicted octanol–water partition coefficient (Wildman–Crippen LogP) is 2.88. The molecule has 0 saturated carbocycles.